The zero-order chi connectivity index (χ0) is 18.7. The molecule has 2 atom stereocenters. The van der Waals surface area contributed by atoms with Gasteiger partial charge >= 0.3 is 0 Å². The number of aliphatic hydroxyl groups excluding tert-OH is 1. The second kappa shape index (κ2) is 12.4. The van der Waals surface area contributed by atoms with E-state index in [1.165, 1.54) is 6.42 Å². The minimum Gasteiger partial charge on any atom is -0.511 e. The number of hydrogen-bond acceptors (Lipinski definition) is 5. The number of carbonyl (C=O) groups is 1. The number of unbranched alkanes of at least 4 members (excludes halogenated alkanes) is 1. The first-order valence-corrected chi connectivity index (χ1v) is 10.9. The fraction of sp³-hybridized carbons (Fsp3) is 0.800. The van der Waals surface area contributed by atoms with E-state index in [0.29, 0.717) is 42.4 Å². The summed E-state index contributed by atoms with van der Waals surface area (Å²) in [5.41, 5.74) is 1.05. The minimum absolute atomic E-state index is 0.0265. The van der Waals surface area contributed by atoms with Crippen LogP contribution in [0.15, 0.2) is 16.5 Å². The molecule has 0 saturated carbocycles. The highest BCUT2D eigenvalue weighted by Gasteiger charge is 2.31. The molecule has 1 aliphatic carbocycles. The fourth-order valence-corrected chi connectivity index (χ4v) is 4.39. The molecule has 0 heterocycles. The van der Waals surface area contributed by atoms with E-state index in [1.807, 2.05) is 18.7 Å². The number of rotatable bonds is 12. The van der Waals surface area contributed by atoms with Crippen LogP contribution in [0.3, 0.4) is 0 Å². The monoisotopic (exact) mass is 369 g/mol. The number of thioether (sulfide) groups is 1. The molecule has 1 N–H and O–H groups in total. The highest BCUT2D eigenvalue weighted by Crippen LogP contribution is 2.34. The second-order valence-corrected chi connectivity index (χ2v) is 8.12. The van der Waals surface area contributed by atoms with Crippen LogP contribution in [0, 0.1) is 5.92 Å². The van der Waals surface area contributed by atoms with E-state index in [4.69, 9.17) is 4.84 Å². The van der Waals surface area contributed by atoms with Gasteiger partial charge in [-0.05, 0) is 50.7 Å². The summed E-state index contributed by atoms with van der Waals surface area (Å²) in [6.07, 6.45) is 7.01. The van der Waals surface area contributed by atoms with Gasteiger partial charge < -0.3 is 9.94 Å². The van der Waals surface area contributed by atoms with Crippen LogP contribution in [0.25, 0.3) is 0 Å². The maximum Gasteiger partial charge on any atom is 0.168 e. The second-order valence-electron chi connectivity index (χ2n) is 6.72. The number of ketones is 1. The Morgan fingerprint density at radius 2 is 2.04 bits per heavy atom. The molecule has 1 rings (SSSR count). The van der Waals surface area contributed by atoms with Gasteiger partial charge in [-0.1, -0.05) is 32.3 Å². The Morgan fingerprint density at radius 1 is 1.28 bits per heavy atom. The summed E-state index contributed by atoms with van der Waals surface area (Å²) in [6, 6.07) is 0. The summed E-state index contributed by atoms with van der Waals surface area (Å²) < 4.78 is 0. The van der Waals surface area contributed by atoms with Crippen molar-refractivity contribution in [2.45, 2.75) is 84.3 Å². The summed E-state index contributed by atoms with van der Waals surface area (Å²) in [6.45, 7) is 8.83. The van der Waals surface area contributed by atoms with Gasteiger partial charge in [-0.3, -0.25) is 4.79 Å². The Bertz CT molecular complexity index is 474. The lowest BCUT2D eigenvalue weighted by molar-refractivity contribution is -0.116. The Kier molecular flexibility index (Phi) is 10.9. The quantitative estimate of drug-likeness (QED) is 0.355. The Balaban J connectivity index is 2.84. The van der Waals surface area contributed by atoms with Gasteiger partial charge in [0, 0.05) is 18.1 Å². The molecule has 0 amide bonds. The smallest absolute Gasteiger partial charge is 0.168 e. The summed E-state index contributed by atoms with van der Waals surface area (Å²) in [4.78, 5) is 17.9. The molecule has 0 spiro atoms. The van der Waals surface area contributed by atoms with E-state index in [-0.39, 0.29) is 17.5 Å². The van der Waals surface area contributed by atoms with E-state index in [0.717, 1.165) is 31.4 Å². The van der Waals surface area contributed by atoms with E-state index >= 15 is 0 Å². The third-order valence-electron chi connectivity index (χ3n) is 4.49. The van der Waals surface area contributed by atoms with Crippen LogP contribution in [0.2, 0.25) is 0 Å². The van der Waals surface area contributed by atoms with Gasteiger partial charge in [-0.25, -0.2) is 0 Å². The van der Waals surface area contributed by atoms with Crippen molar-refractivity contribution in [3.63, 3.8) is 0 Å². The molecular formula is C20H35NO3S. The predicted molar refractivity (Wildman–Crippen MR) is 107 cm³/mol. The molecule has 2 unspecified atom stereocenters. The van der Waals surface area contributed by atoms with Gasteiger partial charge in [-0.2, -0.15) is 11.8 Å². The SMILES string of the molecule is CCCCC(=NOCC)C1=C(O)CC(CC(CC)SCCC)CC1=O. The minimum atomic E-state index is 0.0265. The van der Waals surface area contributed by atoms with Gasteiger partial charge in [0.05, 0.1) is 11.3 Å². The molecule has 0 aromatic rings. The third-order valence-corrected chi connectivity index (χ3v) is 6.13. The first-order chi connectivity index (χ1) is 12.1. The lowest BCUT2D eigenvalue weighted by atomic mass is 9.82. The Morgan fingerprint density at radius 3 is 2.60 bits per heavy atom. The Hall–Kier alpha value is -0.970. The van der Waals surface area contributed by atoms with Crippen molar-refractivity contribution in [1.82, 2.24) is 0 Å². The first-order valence-electron chi connectivity index (χ1n) is 9.83. The number of aliphatic hydroxyl groups is 1. The van der Waals surface area contributed by atoms with Crippen LogP contribution in [0.1, 0.15) is 79.1 Å². The average molecular weight is 370 g/mol. The molecule has 0 fully saturated rings. The third kappa shape index (κ3) is 7.43. The van der Waals surface area contributed by atoms with E-state index < -0.39 is 0 Å². The van der Waals surface area contributed by atoms with Crippen molar-refractivity contribution in [3.05, 3.63) is 11.3 Å². The standard InChI is InChI=1S/C20H35NO3S/c1-5-9-10-17(21-24-8-4)20-18(22)13-15(14-19(20)23)12-16(7-3)25-11-6-2/h15-16,22H,5-14H2,1-4H3. The molecule has 144 valence electrons. The molecule has 0 aromatic carbocycles. The van der Waals surface area contributed by atoms with Crippen LogP contribution in [-0.2, 0) is 9.63 Å². The Labute approximate surface area is 157 Å². The summed E-state index contributed by atoms with van der Waals surface area (Å²) in [5, 5.41) is 15.2. The maximum absolute atomic E-state index is 12.7. The van der Waals surface area contributed by atoms with E-state index in [9.17, 15) is 9.90 Å². The summed E-state index contributed by atoms with van der Waals surface area (Å²) in [7, 11) is 0. The van der Waals surface area contributed by atoms with Crippen molar-refractivity contribution < 1.29 is 14.7 Å². The number of hydrogen-bond donors (Lipinski definition) is 1. The number of oxime groups is 1. The average Bonchev–Trinajstić information content (AvgIpc) is 2.59. The van der Waals surface area contributed by atoms with Crippen LogP contribution in [0.4, 0.5) is 0 Å². The van der Waals surface area contributed by atoms with Gasteiger partial charge in [-0.15, -0.1) is 0 Å². The molecule has 5 heteroatoms. The zero-order valence-corrected chi connectivity index (χ0v) is 17.2. The van der Waals surface area contributed by atoms with Gasteiger partial charge in [0.1, 0.15) is 12.4 Å². The molecule has 25 heavy (non-hydrogen) atoms. The van der Waals surface area contributed by atoms with Crippen LogP contribution < -0.4 is 0 Å². The number of nitrogens with zero attached hydrogens (tertiary/aromatic N) is 1. The van der Waals surface area contributed by atoms with Crippen molar-refractivity contribution in [3.8, 4) is 0 Å². The van der Waals surface area contributed by atoms with Crippen LogP contribution in [0.5, 0.6) is 0 Å². The lowest BCUT2D eigenvalue weighted by Gasteiger charge is -2.27. The normalized spacial score (nSPS) is 20.1. The first kappa shape index (κ1) is 22.1. The predicted octanol–water partition coefficient (Wildman–Crippen LogP) is 5.67. The fourth-order valence-electron chi connectivity index (χ4n) is 3.18. The van der Waals surface area contributed by atoms with E-state index in [2.05, 4.69) is 25.9 Å². The van der Waals surface area contributed by atoms with Crippen molar-refractivity contribution in [2.24, 2.45) is 11.1 Å². The van der Waals surface area contributed by atoms with Gasteiger partial charge in [0.25, 0.3) is 0 Å². The molecule has 1 aliphatic rings. The van der Waals surface area contributed by atoms with Crippen LogP contribution in [-0.4, -0.2) is 34.2 Å². The number of carbonyl (C=O) groups excluding carboxylic acids is 1. The number of Topliss-reactive ketones (excluding diaryl/α,β-unsaturated/α-hetero) is 1. The lowest BCUT2D eigenvalue weighted by Crippen LogP contribution is -2.26. The maximum atomic E-state index is 12.7. The van der Waals surface area contributed by atoms with E-state index in [1.54, 1.807) is 0 Å². The highest BCUT2D eigenvalue weighted by atomic mass is 32.2. The molecule has 0 aromatic heterocycles. The van der Waals surface area contributed by atoms with Gasteiger partial charge in [0.2, 0.25) is 0 Å². The van der Waals surface area contributed by atoms with Crippen molar-refractivity contribution in [2.75, 3.05) is 12.4 Å². The van der Waals surface area contributed by atoms with Crippen molar-refractivity contribution in [1.29, 1.82) is 0 Å². The molecule has 4 nitrogen and oxygen atoms in total. The largest absolute Gasteiger partial charge is 0.511 e. The van der Waals surface area contributed by atoms with Crippen LogP contribution >= 0.6 is 11.8 Å². The highest BCUT2D eigenvalue weighted by molar-refractivity contribution is 7.99. The van der Waals surface area contributed by atoms with Gasteiger partial charge in [0.15, 0.2) is 5.78 Å². The molecule has 0 aliphatic heterocycles. The zero-order valence-electron chi connectivity index (χ0n) is 16.3. The molecule has 0 saturated heterocycles. The van der Waals surface area contributed by atoms with Crippen molar-refractivity contribution >= 4 is 23.3 Å². The number of allylic oxidation sites excluding steroid dienone is 2. The molecular weight excluding hydrogens is 334 g/mol. The summed E-state index contributed by atoms with van der Waals surface area (Å²) in [5.74, 6) is 1.64. The molecule has 0 radical (unpaired) electrons. The molecule has 0 bridgehead atoms. The topological polar surface area (TPSA) is 58.9 Å². The summed E-state index contributed by atoms with van der Waals surface area (Å²) >= 11 is 1.99.